The molecule has 0 aliphatic carbocycles. The molecule has 112 valence electrons. The van der Waals surface area contributed by atoms with E-state index in [1.165, 1.54) is 14.0 Å². The van der Waals surface area contributed by atoms with E-state index in [1.54, 1.807) is 0 Å². The van der Waals surface area contributed by atoms with Crippen molar-refractivity contribution >= 4 is 11.9 Å². The number of methoxy groups -OCH3 is 1. The van der Waals surface area contributed by atoms with Gasteiger partial charge in [0.25, 0.3) is 5.70 Å². The molecule has 1 rings (SSSR count). The zero-order valence-corrected chi connectivity index (χ0v) is 11.2. The standard InChI is InChI=1S/C11H15NO8/c1-6(13)18-5-9-11(19-7(2)14)8(12(15)16)4-10(17-3)20-9/h4,9-11H,5H2,1-3H3/t9-,10+,11+/m1/s1. The lowest BCUT2D eigenvalue weighted by Gasteiger charge is -2.30. The molecule has 1 aliphatic heterocycles. The Hall–Kier alpha value is -2.00. The van der Waals surface area contributed by atoms with E-state index in [0.717, 1.165) is 13.0 Å². The van der Waals surface area contributed by atoms with Crippen molar-refractivity contribution in [3.8, 4) is 0 Å². The van der Waals surface area contributed by atoms with Gasteiger partial charge in [-0.2, -0.15) is 0 Å². The average Bonchev–Trinajstić information content (AvgIpc) is 2.36. The largest absolute Gasteiger partial charge is 0.463 e. The Labute approximate surface area is 114 Å². The molecule has 0 N–H and O–H groups in total. The second-order valence-corrected chi connectivity index (χ2v) is 3.96. The van der Waals surface area contributed by atoms with Crippen molar-refractivity contribution in [2.45, 2.75) is 32.3 Å². The first kappa shape index (κ1) is 16.1. The molecule has 0 saturated carbocycles. The number of ether oxygens (including phenoxy) is 4. The third kappa shape index (κ3) is 4.28. The summed E-state index contributed by atoms with van der Waals surface area (Å²) in [7, 11) is 1.30. The van der Waals surface area contributed by atoms with Gasteiger partial charge in [-0.25, -0.2) is 0 Å². The summed E-state index contributed by atoms with van der Waals surface area (Å²) in [5.41, 5.74) is -0.379. The van der Waals surface area contributed by atoms with Crippen LogP contribution in [0.5, 0.6) is 0 Å². The minimum atomic E-state index is -1.27. The van der Waals surface area contributed by atoms with E-state index in [0.29, 0.717) is 0 Å². The van der Waals surface area contributed by atoms with Crippen molar-refractivity contribution < 1.29 is 33.5 Å². The topological polar surface area (TPSA) is 114 Å². The van der Waals surface area contributed by atoms with E-state index in [1.807, 2.05) is 0 Å². The predicted octanol–water partition coefficient (Wildman–Crippen LogP) is 0.0131. The van der Waals surface area contributed by atoms with Crippen LogP contribution in [-0.4, -0.2) is 49.1 Å². The first-order valence-electron chi connectivity index (χ1n) is 5.70. The van der Waals surface area contributed by atoms with Crippen LogP contribution in [0.1, 0.15) is 13.8 Å². The number of esters is 2. The highest BCUT2D eigenvalue weighted by atomic mass is 16.7. The van der Waals surface area contributed by atoms with Crippen LogP contribution in [0.25, 0.3) is 0 Å². The quantitative estimate of drug-likeness (QED) is 0.395. The maximum absolute atomic E-state index is 11.0. The fourth-order valence-electron chi connectivity index (χ4n) is 1.64. The molecule has 0 amide bonds. The van der Waals surface area contributed by atoms with E-state index >= 15 is 0 Å². The first-order valence-corrected chi connectivity index (χ1v) is 5.70. The number of hydrogen-bond acceptors (Lipinski definition) is 8. The summed E-state index contributed by atoms with van der Waals surface area (Å²) in [4.78, 5) is 32.2. The van der Waals surface area contributed by atoms with Gasteiger partial charge in [-0.1, -0.05) is 0 Å². The molecule has 20 heavy (non-hydrogen) atoms. The molecule has 0 aromatic rings. The molecule has 0 spiro atoms. The zero-order valence-electron chi connectivity index (χ0n) is 11.2. The highest BCUT2D eigenvalue weighted by Gasteiger charge is 2.43. The third-order valence-corrected chi connectivity index (χ3v) is 2.43. The molecule has 0 aromatic carbocycles. The van der Waals surface area contributed by atoms with Crippen LogP contribution in [0.15, 0.2) is 11.8 Å². The summed E-state index contributed by atoms with van der Waals surface area (Å²) in [6.45, 7) is 2.00. The van der Waals surface area contributed by atoms with Gasteiger partial charge in [0, 0.05) is 27.0 Å². The number of nitro groups is 1. The number of rotatable bonds is 5. The van der Waals surface area contributed by atoms with Crippen LogP contribution in [0.2, 0.25) is 0 Å². The summed E-state index contributed by atoms with van der Waals surface area (Å²) in [5, 5.41) is 11.0. The van der Waals surface area contributed by atoms with Crippen molar-refractivity contribution in [2.75, 3.05) is 13.7 Å². The van der Waals surface area contributed by atoms with Gasteiger partial charge < -0.3 is 18.9 Å². The molecule has 9 nitrogen and oxygen atoms in total. The Morgan fingerprint density at radius 3 is 2.50 bits per heavy atom. The van der Waals surface area contributed by atoms with E-state index < -0.39 is 35.4 Å². The molecule has 1 aliphatic rings. The van der Waals surface area contributed by atoms with Gasteiger partial charge in [0.2, 0.25) is 6.10 Å². The molecule has 0 unspecified atom stereocenters. The maximum Gasteiger partial charge on any atom is 0.303 e. The summed E-state index contributed by atoms with van der Waals surface area (Å²) < 4.78 is 19.8. The second-order valence-electron chi connectivity index (χ2n) is 3.96. The molecule has 0 aromatic heterocycles. The normalized spacial score (nSPS) is 25.6. The number of carbonyl (C=O) groups is 2. The second kappa shape index (κ2) is 6.96. The van der Waals surface area contributed by atoms with Gasteiger partial charge >= 0.3 is 11.9 Å². The molecular formula is C11H15NO8. The van der Waals surface area contributed by atoms with Crippen LogP contribution in [0.3, 0.4) is 0 Å². The Bertz CT molecular complexity index is 432. The predicted molar refractivity (Wildman–Crippen MR) is 62.9 cm³/mol. The Morgan fingerprint density at radius 2 is 2.05 bits per heavy atom. The van der Waals surface area contributed by atoms with E-state index in [-0.39, 0.29) is 12.3 Å². The lowest BCUT2D eigenvalue weighted by Crippen LogP contribution is -2.46. The molecule has 9 heteroatoms. The summed E-state index contributed by atoms with van der Waals surface area (Å²) in [6.07, 6.45) is -2.17. The highest BCUT2D eigenvalue weighted by Crippen LogP contribution is 2.24. The van der Waals surface area contributed by atoms with Gasteiger partial charge in [-0.05, 0) is 0 Å². The van der Waals surface area contributed by atoms with Gasteiger partial charge in [0.1, 0.15) is 12.7 Å². The Morgan fingerprint density at radius 1 is 1.40 bits per heavy atom. The number of hydrogen-bond donors (Lipinski definition) is 0. The minimum Gasteiger partial charge on any atom is -0.463 e. The Balaban J connectivity index is 2.99. The van der Waals surface area contributed by atoms with Crippen molar-refractivity contribution in [3.63, 3.8) is 0 Å². The molecule has 3 atom stereocenters. The fraction of sp³-hybridized carbons (Fsp3) is 0.636. The van der Waals surface area contributed by atoms with Gasteiger partial charge in [-0.15, -0.1) is 0 Å². The highest BCUT2D eigenvalue weighted by molar-refractivity contribution is 5.67. The first-order chi connectivity index (χ1) is 9.35. The van der Waals surface area contributed by atoms with Crippen molar-refractivity contribution in [2.24, 2.45) is 0 Å². The summed E-state index contributed by atoms with van der Waals surface area (Å²) >= 11 is 0. The van der Waals surface area contributed by atoms with Crippen LogP contribution >= 0.6 is 0 Å². The molecule has 0 radical (unpaired) electrons. The third-order valence-electron chi connectivity index (χ3n) is 2.43. The monoisotopic (exact) mass is 289 g/mol. The fourth-order valence-corrected chi connectivity index (χ4v) is 1.64. The van der Waals surface area contributed by atoms with Gasteiger partial charge in [0.05, 0.1) is 4.92 Å². The van der Waals surface area contributed by atoms with E-state index in [2.05, 4.69) is 0 Å². The molecule has 0 saturated heterocycles. The van der Waals surface area contributed by atoms with Crippen molar-refractivity contribution in [3.05, 3.63) is 21.9 Å². The van der Waals surface area contributed by atoms with Crippen molar-refractivity contribution in [1.29, 1.82) is 0 Å². The minimum absolute atomic E-state index is 0.293. The molecule has 0 bridgehead atoms. The number of nitrogens with zero attached hydrogens (tertiary/aromatic N) is 1. The summed E-state index contributed by atoms with van der Waals surface area (Å²) in [6, 6.07) is 0. The Kier molecular flexibility index (Phi) is 5.59. The molecule has 0 fully saturated rings. The smallest absolute Gasteiger partial charge is 0.303 e. The van der Waals surface area contributed by atoms with Gasteiger partial charge in [-0.3, -0.25) is 19.7 Å². The van der Waals surface area contributed by atoms with E-state index in [9.17, 15) is 19.7 Å². The van der Waals surface area contributed by atoms with Crippen molar-refractivity contribution in [1.82, 2.24) is 0 Å². The van der Waals surface area contributed by atoms with Crippen LogP contribution in [-0.2, 0) is 28.5 Å². The summed E-state index contributed by atoms with van der Waals surface area (Å²) in [5.74, 6) is -1.30. The van der Waals surface area contributed by atoms with Crippen LogP contribution < -0.4 is 0 Å². The lowest BCUT2D eigenvalue weighted by atomic mass is 10.1. The number of carbonyl (C=O) groups excluding carboxylic acids is 2. The van der Waals surface area contributed by atoms with Crippen LogP contribution in [0.4, 0.5) is 0 Å². The average molecular weight is 289 g/mol. The SMILES string of the molecule is CO[C@@H]1C=C([N+](=O)[O-])[C@H](OC(C)=O)[C@@H](COC(C)=O)O1. The lowest BCUT2D eigenvalue weighted by molar-refractivity contribution is -0.444. The maximum atomic E-state index is 11.0. The zero-order chi connectivity index (χ0) is 15.3. The van der Waals surface area contributed by atoms with E-state index in [4.69, 9.17) is 18.9 Å². The molecular weight excluding hydrogens is 274 g/mol. The molecule has 1 heterocycles. The van der Waals surface area contributed by atoms with Crippen LogP contribution in [0, 0.1) is 10.1 Å². The van der Waals surface area contributed by atoms with Gasteiger partial charge in [0.15, 0.2) is 6.29 Å².